The van der Waals surface area contributed by atoms with Crippen LogP contribution in [0.3, 0.4) is 0 Å². The number of rotatable bonds is 6. The van der Waals surface area contributed by atoms with Crippen molar-refractivity contribution in [1.82, 2.24) is 4.90 Å². The van der Waals surface area contributed by atoms with Crippen molar-refractivity contribution < 1.29 is 19.4 Å². The van der Waals surface area contributed by atoms with E-state index in [2.05, 4.69) is 4.99 Å². The number of phenolic OH excluding ortho intramolecular Hbond substituents is 1. The number of carbonyl (C=O) groups excluding carboxylic acids is 1. The van der Waals surface area contributed by atoms with Crippen LogP contribution in [0.15, 0.2) is 58.4 Å². The number of carbonyl (C=O) groups is 1. The monoisotopic (exact) mass is 384 g/mol. The molecule has 0 spiro atoms. The third-order valence-electron chi connectivity index (χ3n) is 3.89. The Morgan fingerprint density at radius 3 is 2.63 bits per heavy atom. The number of nitrogens with zero attached hydrogens (tertiary/aromatic N) is 2. The van der Waals surface area contributed by atoms with Crippen LogP contribution in [0, 0.1) is 0 Å². The van der Waals surface area contributed by atoms with E-state index in [-0.39, 0.29) is 11.7 Å². The third kappa shape index (κ3) is 4.50. The Bertz CT molecular complexity index is 881. The minimum atomic E-state index is -0.137. The van der Waals surface area contributed by atoms with Crippen LogP contribution in [-0.2, 0) is 9.53 Å². The normalized spacial score (nSPS) is 17.1. The van der Waals surface area contributed by atoms with Gasteiger partial charge in [-0.15, -0.1) is 0 Å². The summed E-state index contributed by atoms with van der Waals surface area (Å²) in [7, 11) is 3.09. The molecule has 0 radical (unpaired) electrons. The van der Waals surface area contributed by atoms with Gasteiger partial charge in [-0.25, -0.2) is 4.99 Å². The Balaban J connectivity index is 1.92. The van der Waals surface area contributed by atoms with Gasteiger partial charge in [0.25, 0.3) is 5.91 Å². The Morgan fingerprint density at radius 2 is 1.96 bits per heavy atom. The van der Waals surface area contributed by atoms with Crippen LogP contribution in [0.4, 0.5) is 5.69 Å². The van der Waals surface area contributed by atoms with E-state index >= 15 is 0 Å². The summed E-state index contributed by atoms with van der Waals surface area (Å²) >= 11 is 1.30. The molecule has 1 aliphatic heterocycles. The highest BCUT2D eigenvalue weighted by Gasteiger charge is 2.33. The van der Waals surface area contributed by atoms with Gasteiger partial charge >= 0.3 is 0 Å². The van der Waals surface area contributed by atoms with Gasteiger partial charge in [0.05, 0.1) is 30.9 Å². The minimum Gasteiger partial charge on any atom is -0.504 e. The van der Waals surface area contributed by atoms with Gasteiger partial charge in [0.1, 0.15) is 0 Å². The van der Waals surface area contributed by atoms with Crippen LogP contribution in [-0.4, -0.2) is 48.5 Å². The lowest BCUT2D eigenvalue weighted by molar-refractivity contribution is -0.122. The Kier molecular flexibility index (Phi) is 6.16. The maximum absolute atomic E-state index is 12.8. The van der Waals surface area contributed by atoms with Gasteiger partial charge in [-0.05, 0) is 47.7 Å². The van der Waals surface area contributed by atoms with Crippen molar-refractivity contribution in [1.29, 1.82) is 0 Å². The Hall–Kier alpha value is -2.77. The molecule has 0 aromatic heterocycles. The zero-order valence-electron chi connectivity index (χ0n) is 15.1. The maximum Gasteiger partial charge on any atom is 0.266 e. The summed E-state index contributed by atoms with van der Waals surface area (Å²) in [6, 6.07) is 14.5. The summed E-state index contributed by atoms with van der Waals surface area (Å²) in [5.74, 6) is 0.273. The summed E-state index contributed by atoms with van der Waals surface area (Å²) in [6.45, 7) is 0.829. The standard InChI is InChI=1S/C20H20N2O4S/c1-25-11-10-22-19(24)18(13-14-8-9-17(26-2)16(23)12-14)27-20(22)21-15-6-4-3-5-7-15/h3-9,12-13,23H,10-11H2,1-2H3. The first-order chi connectivity index (χ1) is 13.1. The fourth-order valence-electron chi connectivity index (χ4n) is 2.53. The van der Waals surface area contributed by atoms with Crippen LogP contribution >= 0.6 is 11.8 Å². The molecule has 1 amide bonds. The number of hydrogen-bond donors (Lipinski definition) is 1. The second-order valence-electron chi connectivity index (χ2n) is 5.72. The molecule has 1 fully saturated rings. The zero-order chi connectivity index (χ0) is 19.2. The van der Waals surface area contributed by atoms with Crippen molar-refractivity contribution in [3.05, 3.63) is 59.0 Å². The molecule has 2 aromatic rings. The summed E-state index contributed by atoms with van der Waals surface area (Å²) < 4.78 is 10.2. The van der Waals surface area contributed by atoms with Gasteiger partial charge in [0.2, 0.25) is 0 Å². The molecule has 140 valence electrons. The molecule has 7 heteroatoms. The second kappa shape index (κ2) is 8.75. The molecular weight excluding hydrogens is 364 g/mol. The number of benzene rings is 2. The molecule has 2 aromatic carbocycles. The number of aromatic hydroxyl groups is 1. The van der Waals surface area contributed by atoms with Gasteiger partial charge in [-0.1, -0.05) is 24.3 Å². The van der Waals surface area contributed by atoms with Crippen molar-refractivity contribution >= 4 is 34.6 Å². The molecule has 0 bridgehead atoms. The van der Waals surface area contributed by atoms with Gasteiger partial charge in [-0.2, -0.15) is 0 Å². The van der Waals surface area contributed by atoms with E-state index in [0.29, 0.717) is 34.5 Å². The van der Waals surface area contributed by atoms with E-state index in [1.165, 1.54) is 18.9 Å². The number of phenols is 1. The van der Waals surface area contributed by atoms with Crippen molar-refractivity contribution in [2.24, 2.45) is 4.99 Å². The first-order valence-electron chi connectivity index (χ1n) is 8.33. The van der Waals surface area contributed by atoms with Gasteiger partial charge in [0.15, 0.2) is 16.7 Å². The average Bonchev–Trinajstić information content (AvgIpc) is 2.95. The fraction of sp³-hybridized carbons (Fsp3) is 0.200. The SMILES string of the molecule is COCCN1C(=O)C(=Cc2ccc(OC)c(O)c2)SC1=Nc1ccccc1. The summed E-state index contributed by atoms with van der Waals surface area (Å²) in [5.41, 5.74) is 1.48. The minimum absolute atomic E-state index is 0.0247. The van der Waals surface area contributed by atoms with Crippen molar-refractivity contribution in [3.8, 4) is 11.5 Å². The number of methoxy groups -OCH3 is 2. The van der Waals surface area contributed by atoms with Gasteiger partial charge in [0, 0.05) is 7.11 Å². The molecule has 1 saturated heterocycles. The lowest BCUT2D eigenvalue weighted by Crippen LogP contribution is -2.32. The number of ether oxygens (including phenoxy) is 2. The lowest BCUT2D eigenvalue weighted by atomic mass is 10.2. The number of thioether (sulfide) groups is 1. The maximum atomic E-state index is 12.8. The molecule has 0 atom stereocenters. The Labute approximate surface area is 162 Å². The largest absolute Gasteiger partial charge is 0.504 e. The lowest BCUT2D eigenvalue weighted by Gasteiger charge is -2.14. The molecule has 0 saturated carbocycles. The van der Waals surface area contributed by atoms with E-state index < -0.39 is 0 Å². The highest BCUT2D eigenvalue weighted by molar-refractivity contribution is 8.18. The summed E-state index contributed by atoms with van der Waals surface area (Å²) in [4.78, 5) is 19.6. The highest BCUT2D eigenvalue weighted by Crippen LogP contribution is 2.35. The van der Waals surface area contributed by atoms with E-state index in [4.69, 9.17) is 9.47 Å². The molecule has 6 nitrogen and oxygen atoms in total. The number of amides is 1. The molecule has 3 rings (SSSR count). The van der Waals surface area contributed by atoms with Crippen LogP contribution in [0.5, 0.6) is 11.5 Å². The van der Waals surface area contributed by atoms with Gasteiger partial charge in [-0.3, -0.25) is 9.69 Å². The number of aliphatic imine (C=N–C) groups is 1. The number of hydrogen-bond acceptors (Lipinski definition) is 6. The van der Waals surface area contributed by atoms with Crippen LogP contribution in [0.25, 0.3) is 6.08 Å². The molecule has 1 heterocycles. The first kappa shape index (κ1) is 19.0. The van der Waals surface area contributed by atoms with Crippen molar-refractivity contribution in [2.75, 3.05) is 27.4 Å². The summed E-state index contributed by atoms with van der Waals surface area (Å²) in [6.07, 6.45) is 1.74. The van der Waals surface area contributed by atoms with E-state index in [0.717, 1.165) is 5.69 Å². The van der Waals surface area contributed by atoms with E-state index in [1.54, 1.807) is 36.3 Å². The first-order valence-corrected chi connectivity index (χ1v) is 9.15. The third-order valence-corrected chi connectivity index (χ3v) is 4.90. The smallest absolute Gasteiger partial charge is 0.266 e. The average molecular weight is 384 g/mol. The molecule has 0 aliphatic carbocycles. The summed E-state index contributed by atoms with van der Waals surface area (Å²) in [5, 5.41) is 10.6. The fourth-order valence-corrected chi connectivity index (χ4v) is 3.56. The molecule has 0 unspecified atom stereocenters. The van der Waals surface area contributed by atoms with Crippen molar-refractivity contribution in [2.45, 2.75) is 0 Å². The number of para-hydroxylation sites is 1. The highest BCUT2D eigenvalue weighted by atomic mass is 32.2. The van der Waals surface area contributed by atoms with Crippen LogP contribution < -0.4 is 4.74 Å². The second-order valence-corrected chi connectivity index (χ2v) is 6.73. The van der Waals surface area contributed by atoms with Crippen LogP contribution in [0.2, 0.25) is 0 Å². The van der Waals surface area contributed by atoms with Crippen LogP contribution in [0.1, 0.15) is 5.56 Å². The molecule has 1 N–H and O–H groups in total. The zero-order valence-corrected chi connectivity index (χ0v) is 15.9. The van der Waals surface area contributed by atoms with Crippen molar-refractivity contribution in [3.63, 3.8) is 0 Å². The topological polar surface area (TPSA) is 71.4 Å². The Morgan fingerprint density at radius 1 is 1.19 bits per heavy atom. The molecule has 1 aliphatic rings. The molecule has 27 heavy (non-hydrogen) atoms. The quantitative estimate of drug-likeness (QED) is 0.770. The van der Waals surface area contributed by atoms with E-state index in [1.807, 2.05) is 30.3 Å². The predicted molar refractivity (Wildman–Crippen MR) is 107 cm³/mol. The number of amidine groups is 1. The van der Waals surface area contributed by atoms with Gasteiger partial charge < -0.3 is 14.6 Å². The van der Waals surface area contributed by atoms with E-state index in [9.17, 15) is 9.90 Å². The predicted octanol–water partition coefficient (Wildman–Crippen LogP) is 3.65. The molecular formula is C20H20N2O4S.